The molecule has 0 bridgehead atoms. The number of hydrogen-bond acceptors (Lipinski definition) is 6. The lowest BCUT2D eigenvalue weighted by atomic mass is 10.2. The molecular weight excluding hydrogens is 352 g/mol. The molecular formula is C19H20N2O4S. The van der Waals surface area contributed by atoms with E-state index in [1.165, 1.54) is 0 Å². The molecule has 1 amide bonds. The van der Waals surface area contributed by atoms with Crippen molar-refractivity contribution >= 4 is 17.2 Å². The van der Waals surface area contributed by atoms with Crippen LogP contribution >= 0.6 is 11.3 Å². The van der Waals surface area contributed by atoms with E-state index in [9.17, 15) is 4.79 Å². The number of amides is 1. The lowest BCUT2D eigenvalue weighted by molar-refractivity contribution is 0.0734. The molecule has 0 fully saturated rings. The quantitative estimate of drug-likeness (QED) is 0.623. The summed E-state index contributed by atoms with van der Waals surface area (Å²) in [5, 5.41) is 5.88. The van der Waals surface area contributed by atoms with Gasteiger partial charge in [-0.15, -0.1) is 11.3 Å². The second kappa shape index (κ2) is 8.05. The number of para-hydroxylation sites is 2. The Kier molecular flexibility index (Phi) is 5.58. The zero-order valence-electron chi connectivity index (χ0n) is 14.8. The number of carbonyl (C=O) groups excluding carboxylic acids is 1. The predicted molar refractivity (Wildman–Crippen MR) is 98.7 cm³/mol. The molecule has 0 aliphatic carbocycles. The average molecular weight is 372 g/mol. The number of rotatable bonds is 7. The number of nitrogens with zero attached hydrogens (tertiary/aromatic N) is 2. The Labute approximate surface area is 155 Å². The average Bonchev–Trinajstić information content (AvgIpc) is 3.36. The van der Waals surface area contributed by atoms with Crippen LogP contribution in [0, 0.1) is 0 Å². The van der Waals surface area contributed by atoms with Gasteiger partial charge in [0.1, 0.15) is 6.61 Å². The van der Waals surface area contributed by atoms with E-state index in [-0.39, 0.29) is 24.2 Å². The van der Waals surface area contributed by atoms with E-state index >= 15 is 0 Å². The van der Waals surface area contributed by atoms with E-state index in [0.717, 1.165) is 4.88 Å². The molecule has 1 aromatic carbocycles. The van der Waals surface area contributed by atoms with Gasteiger partial charge in [0.25, 0.3) is 5.91 Å². The van der Waals surface area contributed by atoms with Gasteiger partial charge >= 0.3 is 0 Å². The van der Waals surface area contributed by atoms with E-state index in [0.29, 0.717) is 17.3 Å². The van der Waals surface area contributed by atoms with Crippen molar-refractivity contribution in [3.8, 4) is 11.5 Å². The molecule has 2 heterocycles. The van der Waals surface area contributed by atoms with Crippen molar-refractivity contribution in [2.45, 2.75) is 19.6 Å². The fourth-order valence-corrected chi connectivity index (χ4v) is 3.27. The van der Waals surface area contributed by atoms with E-state index in [1.807, 2.05) is 42.6 Å². The number of carbonyl (C=O) groups is 1. The van der Waals surface area contributed by atoms with Crippen LogP contribution < -0.4 is 9.47 Å². The zero-order valence-corrected chi connectivity index (χ0v) is 15.7. The van der Waals surface area contributed by atoms with E-state index < -0.39 is 0 Å². The first-order valence-electron chi connectivity index (χ1n) is 8.12. The Balaban J connectivity index is 1.64. The summed E-state index contributed by atoms with van der Waals surface area (Å²) >= 11 is 1.62. The molecule has 2 aromatic heterocycles. The van der Waals surface area contributed by atoms with E-state index in [1.54, 1.807) is 42.5 Å². The normalized spacial score (nSPS) is 11.8. The maximum atomic E-state index is 12.6. The van der Waals surface area contributed by atoms with Crippen molar-refractivity contribution in [1.29, 1.82) is 0 Å². The maximum Gasteiger partial charge on any atom is 0.276 e. The van der Waals surface area contributed by atoms with Crippen LogP contribution in [0.3, 0.4) is 0 Å². The number of aromatic nitrogens is 1. The summed E-state index contributed by atoms with van der Waals surface area (Å²) in [6.45, 7) is 2.14. The highest BCUT2D eigenvalue weighted by Gasteiger charge is 2.22. The van der Waals surface area contributed by atoms with Crippen LogP contribution in [-0.2, 0) is 6.61 Å². The molecule has 0 N–H and O–H groups in total. The largest absolute Gasteiger partial charge is 0.493 e. The van der Waals surface area contributed by atoms with Crippen LogP contribution in [0.1, 0.15) is 34.1 Å². The SMILES string of the molecule is COc1ccccc1OCc1cc(C(=O)N(C)C(C)c2cccs2)no1. The van der Waals surface area contributed by atoms with E-state index in [4.69, 9.17) is 14.0 Å². The molecule has 7 heteroatoms. The Morgan fingerprint density at radius 1 is 1.27 bits per heavy atom. The summed E-state index contributed by atoms with van der Waals surface area (Å²) < 4.78 is 16.2. The highest BCUT2D eigenvalue weighted by atomic mass is 32.1. The first-order chi connectivity index (χ1) is 12.6. The molecule has 3 aromatic rings. The maximum absolute atomic E-state index is 12.6. The molecule has 0 aliphatic rings. The summed E-state index contributed by atoms with van der Waals surface area (Å²) in [4.78, 5) is 15.4. The number of thiophene rings is 1. The van der Waals surface area contributed by atoms with Gasteiger partial charge in [0.05, 0.1) is 13.2 Å². The van der Waals surface area contributed by atoms with Gasteiger partial charge in [-0.2, -0.15) is 0 Å². The lowest BCUT2D eigenvalue weighted by Gasteiger charge is -2.22. The van der Waals surface area contributed by atoms with Crippen LogP contribution in [0.2, 0.25) is 0 Å². The van der Waals surface area contributed by atoms with Crippen LogP contribution in [0.4, 0.5) is 0 Å². The minimum atomic E-state index is -0.196. The molecule has 3 rings (SSSR count). The number of methoxy groups -OCH3 is 1. The van der Waals surface area contributed by atoms with Crippen LogP contribution in [0.15, 0.2) is 52.4 Å². The Morgan fingerprint density at radius 2 is 2.04 bits per heavy atom. The number of benzene rings is 1. The van der Waals surface area contributed by atoms with Crippen LogP contribution in [0.25, 0.3) is 0 Å². The lowest BCUT2D eigenvalue weighted by Crippen LogP contribution is -2.29. The number of ether oxygens (including phenoxy) is 2. The minimum absolute atomic E-state index is 0.0347. The van der Waals surface area contributed by atoms with Crippen molar-refractivity contribution < 1.29 is 18.8 Å². The van der Waals surface area contributed by atoms with Crippen LogP contribution in [-0.4, -0.2) is 30.1 Å². The molecule has 1 unspecified atom stereocenters. The van der Waals surface area contributed by atoms with Crippen molar-refractivity contribution in [1.82, 2.24) is 10.1 Å². The smallest absolute Gasteiger partial charge is 0.276 e. The molecule has 0 saturated heterocycles. The summed E-state index contributed by atoms with van der Waals surface area (Å²) in [6, 6.07) is 12.9. The van der Waals surface area contributed by atoms with Crippen LogP contribution in [0.5, 0.6) is 11.5 Å². The van der Waals surface area contributed by atoms with Gasteiger partial charge in [-0.1, -0.05) is 23.4 Å². The minimum Gasteiger partial charge on any atom is -0.493 e. The fourth-order valence-electron chi connectivity index (χ4n) is 2.45. The molecule has 0 saturated carbocycles. The van der Waals surface area contributed by atoms with Gasteiger partial charge in [0.2, 0.25) is 0 Å². The molecule has 26 heavy (non-hydrogen) atoms. The third kappa shape index (κ3) is 3.88. The Bertz CT molecular complexity index is 860. The summed E-state index contributed by atoms with van der Waals surface area (Å²) in [7, 11) is 3.34. The van der Waals surface area contributed by atoms with Crippen molar-refractivity contribution in [3.63, 3.8) is 0 Å². The number of hydrogen-bond donors (Lipinski definition) is 0. The first kappa shape index (κ1) is 18.0. The van der Waals surface area contributed by atoms with E-state index in [2.05, 4.69) is 5.16 Å². The molecule has 6 nitrogen and oxygen atoms in total. The van der Waals surface area contributed by atoms with Gasteiger partial charge in [0, 0.05) is 18.0 Å². The highest BCUT2D eigenvalue weighted by molar-refractivity contribution is 7.10. The second-order valence-corrected chi connectivity index (χ2v) is 6.70. The van der Waals surface area contributed by atoms with Crippen molar-refractivity contribution in [2.24, 2.45) is 0 Å². The monoisotopic (exact) mass is 372 g/mol. The summed E-state index contributed by atoms with van der Waals surface area (Å²) in [5.74, 6) is 1.50. The molecule has 0 radical (unpaired) electrons. The molecule has 0 aliphatic heterocycles. The third-order valence-corrected chi connectivity index (χ3v) is 5.12. The second-order valence-electron chi connectivity index (χ2n) is 5.73. The summed E-state index contributed by atoms with van der Waals surface area (Å²) in [5.41, 5.74) is 0.259. The van der Waals surface area contributed by atoms with Crippen molar-refractivity contribution in [3.05, 3.63) is 64.2 Å². The summed E-state index contributed by atoms with van der Waals surface area (Å²) in [6.07, 6.45) is 0. The molecule has 1 atom stereocenters. The predicted octanol–water partition coefficient (Wildman–Crippen LogP) is 4.16. The van der Waals surface area contributed by atoms with Gasteiger partial charge in [-0.05, 0) is 30.5 Å². The molecule has 136 valence electrons. The topological polar surface area (TPSA) is 64.8 Å². The molecule has 0 spiro atoms. The van der Waals surface area contributed by atoms with Gasteiger partial charge in [-0.25, -0.2) is 0 Å². The third-order valence-electron chi connectivity index (χ3n) is 4.07. The Hall–Kier alpha value is -2.80. The van der Waals surface area contributed by atoms with Crippen molar-refractivity contribution in [2.75, 3.05) is 14.2 Å². The van der Waals surface area contributed by atoms with Gasteiger partial charge in [-0.3, -0.25) is 4.79 Å². The standard InChI is InChI=1S/C19H20N2O4S/c1-13(18-9-6-10-26-18)21(2)19(22)15-11-14(25-20-15)12-24-17-8-5-4-7-16(17)23-3/h4-11,13H,12H2,1-3H3. The fraction of sp³-hybridized carbons (Fsp3) is 0.263. The Morgan fingerprint density at radius 3 is 2.73 bits per heavy atom. The van der Waals surface area contributed by atoms with Gasteiger partial charge < -0.3 is 18.9 Å². The zero-order chi connectivity index (χ0) is 18.5. The first-order valence-corrected chi connectivity index (χ1v) is 9.00. The van der Waals surface area contributed by atoms with Gasteiger partial charge in [0.15, 0.2) is 23.0 Å². The highest BCUT2D eigenvalue weighted by Crippen LogP contribution is 2.27.